The van der Waals surface area contributed by atoms with E-state index in [1.165, 1.54) is 18.2 Å². The summed E-state index contributed by atoms with van der Waals surface area (Å²) in [5.74, 6) is -0.982. The van der Waals surface area contributed by atoms with Crippen LogP contribution in [0.3, 0.4) is 0 Å². The minimum atomic E-state index is -4.17. The lowest BCUT2D eigenvalue weighted by Crippen LogP contribution is -2.32. The molecule has 0 radical (unpaired) electrons. The van der Waals surface area contributed by atoms with E-state index in [0.717, 1.165) is 28.3 Å². The fourth-order valence-corrected chi connectivity index (χ4v) is 4.58. The van der Waals surface area contributed by atoms with Gasteiger partial charge in [-0.25, -0.2) is 13.1 Å². The third-order valence-electron chi connectivity index (χ3n) is 5.28. The zero-order valence-electron chi connectivity index (χ0n) is 19.2. The smallest absolute Gasteiger partial charge is 0.283 e. The highest BCUT2D eigenvalue weighted by Crippen LogP contribution is 2.24. The third-order valence-corrected chi connectivity index (χ3v) is 6.61. The number of carbonyl (C=O) groups excluding carboxylic acids is 1. The predicted molar refractivity (Wildman–Crippen MR) is 128 cm³/mol. The second kappa shape index (κ2) is 8.43. The minimum Gasteiger partial charge on any atom is -0.508 e. The van der Waals surface area contributed by atoms with Crippen LogP contribution in [0.15, 0.2) is 47.4 Å². The van der Waals surface area contributed by atoms with Gasteiger partial charge in [0.1, 0.15) is 11.4 Å². The number of aryl methyl sites for hydroxylation is 3. The monoisotopic (exact) mass is 459 g/mol. The molecule has 174 valence electrons. The van der Waals surface area contributed by atoms with E-state index in [-0.39, 0.29) is 24.6 Å². The molecule has 0 aliphatic rings. The number of nitrogens with zero attached hydrogens (tertiary/aromatic N) is 2. The van der Waals surface area contributed by atoms with E-state index in [9.17, 15) is 18.3 Å². The Kier molecular flexibility index (Phi) is 6.20. The number of amides is 1. The van der Waals surface area contributed by atoms with Crippen molar-refractivity contribution in [2.75, 3.05) is 0 Å². The molecule has 3 rings (SSSR count). The van der Waals surface area contributed by atoms with Crippen molar-refractivity contribution in [3.63, 3.8) is 0 Å². The Morgan fingerprint density at radius 1 is 1.09 bits per heavy atom. The van der Waals surface area contributed by atoms with E-state index in [1.807, 2.05) is 41.5 Å². The van der Waals surface area contributed by atoms with Gasteiger partial charge in [-0.1, -0.05) is 44.5 Å². The molecular weight excluding hydrogens is 426 g/mol. The molecule has 0 unspecified atom stereocenters. The second-order valence-electron chi connectivity index (χ2n) is 9.13. The number of nitrogens with one attached hydrogen (secondary N) is 1. The van der Waals surface area contributed by atoms with Crippen LogP contribution in [0.4, 0.5) is 0 Å². The third kappa shape index (κ3) is 5.02. The van der Waals surface area contributed by atoms with Crippen molar-refractivity contribution in [1.82, 2.24) is 14.5 Å². The number of aromatic nitrogens is 2. The van der Waals surface area contributed by atoms with Gasteiger partial charge in [-0.05, 0) is 55.7 Å². The first-order chi connectivity index (χ1) is 14.8. The number of phenolic OH excluding ortho intramolecular Hbond substituents is 1. The molecule has 1 aromatic heterocycles. The molecule has 32 heavy (non-hydrogen) atoms. The molecule has 0 saturated carbocycles. The molecule has 1 heterocycles. The first-order valence-corrected chi connectivity index (χ1v) is 11.8. The number of benzene rings is 2. The lowest BCUT2D eigenvalue weighted by molar-refractivity contribution is 0.0971. The molecule has 0 bridgehead atoms. The Morgan fingerprint density at radius 2 is 1.72 bits per heavy atom. The van der Waals surface area contributed by atoms with Crippen molar-refractivity contribution in [2.45, 2.75) is 58.4 Å². The zero-order chi connectivity index (χ0) is 23.8. The Labute approximate surface area is 192 Å². The summed E-state index contributed by atoms with van der Waals surface area (Å²) in [5.41, 5.74) is 4.83. The number of carbonyl (C=O) groups is 1. The summed E-state index contributed by atoms with van der Waals surface area (Å²) in [6.45, 7) is 12.3. The number of aromatic hydroxyl groups is 1. The summed E-state index contributed by atoms with van der Waals surface area (Å²) in [6, 6.07) is 10.9. The average Bonchev–Trinajstić information content (AvgIpc) is 3.09. The number of sulfonamides is 1. The highest BCUT2D eigenvalue weighted by Gasteiger charge is 2.26. The molecule has 0 atom stereocenters. The van der Waals surface area contributed by atoms with Crippen LogP contribution in [0, 0.1) is 20.8 Å². The summed E-state index contributed by atoms with van der Waals surface area (Å²) in [7, 11) is -4.17. The molecule has 2 aromatic carbocycles. The molecule has 8 heteroatoms. The van der Waals surface area contributed by atoms with Crippen LogP contribution in [-0.2, 0) is 22.0 Å². The minimum absolute atomic E-state index is 0. The van der Waals surface area contributed by atoms with E-state index < -0.39 is 15.9 Å². The van der Waals surface area contributed by atoms with Crippen molar-refractivity contribution in [3.8, 4) is 5.75 Å². The highest BCUT2D eigenvalue weighted by atomic mass is 32.2. The molecule has 2 N–H and O–H groups in total. The topological polar surface area (TPSA) is 101 Å². The maximum atomic E-state index is 13.1. The van der Waals surface area contributed by atoms with Crippen molar-refractivity contribution < 1.29 is 21.2 Å². The lowest BCUT2D eigenvalue weighted by Gasteiger charge is -2.15. The summed E-state index contributed by atoms with van der Waals surface area (Å²) >= 11 is 0. The van der Waals surface area contributed by atoms with Crippen molar-refractivity contribution >= 4 is 15.9 Å². The standard InChI is InChI=1S/C24H29N3O4S.2H2/c1-15-10-16(2)20(17(3)11-15)14-27-21(13-22(25-27)24(4,5)6)23(29)26-32(30,31)19-9-7-8-18(28)12-19;;/h7-13,28H,14H2,1-6H3,(H,26,29);2*1H. The number of phenols is 1. The van der Waals surface area contributed by atoms with Gasteiger partial charge < -0.3 is 5.11 Å². The maximum absolute atomic E-state index is 13.1. The van der Waals surface area contributed by atoms with Crippen LogP contribution in [-0.4, -0.2) is 29.2 Å². The summed E-state index contributed by atoms with van der Waals surface area (Å²) in [4.78, 5) is 12.9. The summed E-state index contributed by atoms with van der Waals surface area (Å²) < 4.78 is 29.1. The van der Waals surface area contributed by atoms with Crippen LogP contribution in [0.2, 0.25) is 0 Å². The molecule has 3 aromatic rings. The Morgan fingerprint density at radius 3 is 2.28 bits per heavy atom. The van der Waals surface area contributed by atoms with Gasteiger partial charge in [-0.15, -0.1) is 0 Å². The van der Waals surface area contributed by atoms with Gasteiger partial charge >= 0.3 is 0 Å². The molecule has 1 amide bonds. The highest BCUT2D eigenvalue weighted by molar-refractivity contribution is 7.90. The van der Waals surface area contributed by atoms with Crippen LogP contribution in [0.1, 0.15) is 62.1 Å². The van der Waals surface area contributed by atoms with E-state index in [2.05, 4.69) is 22.0 Å². The lowest BCUT2D eigenvalue weighted by atomic mass is 9.92. The largest absolute Gasteiger partial charge is 0.508 e. The SMILES string of the molecule is Cc1cc(C)c(Cn2nc(C(C)(C)C)cc2C(=O)NS(=O)(=O)c2cccc(O)c2)c(C)c1.[HH].[HH]. The summed E-state index contributed by atoms with van der Waals surface area (Å²) in [6.07, 6.45) is 0. The first-order valence-electron chi connectivity index (χ1n) is 10.3. The predicted octanol–water partition coefficient (Wildman–Crippen LogP) is 4.47. The molecule has 0 spiro atoms. The Hall–Kier alpha value is -3.13. The van der Waals surface area contributed by atoms with Crippen LogP contribution < -0.4 is 4.72 Å². The summed E-state index contributed by atoms with van der Waals surface area (Å²) in [5, 5.41) is 14.2. The quantitative estimate of drug-likeness (QED) is 0.586. The molecule has 7 nitrogen and oxygen atoms in total. The van der Waals surface area contributed by atoms with Crippen LogP contribution in [0.5, 0.6) is 5.75 Å². The van der Waals surface area contributed by atoms with Crippen molar-refractivity contribution in [3.05, 3.63) is 76.1 Å². The molecule has 0 aliphatic heterocycles. The zero-order valence-corrected chi connectivity index (χ0v) is 20.0. The van der Waals surface area contributed by atoms with Crippen molar-refractivity contribution in [2.24, 2.45) is 0 Å². The molecule has 0 aliphatic carbocycles. The van der Waals surface area contributed by atoms with Gasteiger partial charge in [-0.3, -0.25) is 9.48 Å². The number of hydrogen-bond donors (Lipinski definition) is 2. The van der Waals surface area contributed by atoms with E-state index in [0.29, 0.717) is 12.2 Å². The van der Waals surface area contributed by atoms with E-state index >= 15 is 0 Å². The molecule has 0 fully saturated rings. The van der Waals surface area contributed by atoms with E-state index in [4.69, 9.17) is 0 Å². The van der Waals surface area contributed by atoms with Crippen molar-refractivity contribution in [1.29, 1.82) is 0 Å². The Balaban J connectivity index is 0.00000289. The molecular formula is C24H33N3O4S. The van der Waals surface area contributed by atoms with Crippen LogP contribution >= 0.6 is 0 Å². The normalized spacial score (nSPS) is 12.1. The van der Waals surface area contributed by atoms with Gasteiger partial charge in [0.15, 0.2) is 0 Å². The fourth-order valence-electron chi connectivity index (χ4n) is 3.58. The number of hydrogen-bond acceptors (Lipinski definition) is 5. The maximum Gasteiger partial charge on any atom is 0.283 e. The fraction of sp³-hybridized carbons (Fsp3) is 0.333. The number of rotatable bonds is 5. The second-order valence-corrected chi connectivity index (χ2v) is 10.8. The van der Waals surface area contributed by atoms with Gasteiger partial charge in [0, 0.05) is 14.3 Å². The molecule has 0 saturated heterocycles. The van der Waals surface area contributed by atoms with Gasteiger partial charge in [0.25, 0.3) is 15.9 Å². The van der Waals surface area contributed by atoms with Gasteiger partial charge in [0.2, 0.25) is 0 Å². The van der Waals surface area contributed by atoms with Crippen LogP contribution in [0.25, 0.3) is 0 Å². The first kappa shape index (κ1) is 23.5. The van der Waals surface area contributed by atoms with Gasteiger partial charge in [0.05, 0.1) is 17.1 Å². The van der Waals surface area contributed by atoms with Gasteiger partial charge in [-0.2, -0.15) is 5.10 Å². The Bertz CT molecular complexity index is 1270. The van der Waals surface area contributed by atoms with E-state index in [1.54, 1.807) is 10.7 Å². The average molecular weight is 460 g/mol.